The molecular formula is C14H26BrN3O. The Morgan fingerprint density at radius 1 is 1.42 bits per heavy atom. The monoisotopic (exact) mass is 331 g/mol. The third-order valence-corrected chi connectivity index (χ3v) is 3.92. The van der Waals surface area contributed by atoms with Gasteiger partial charge in [-0.15, -0.1) is 0 Å². The fourth-order valence-corrected chi connectivity index (χ4v) is 2.78. The van der Waals surface area contributed by atoms with Crippen molar-refractivity contribution in [3.63, 3.8) is 0 Å². The Bertz CT molecular complexity index is 368. The quantitative estimate of drug-likeness (QED) is 0.752. The van der Waals surface area contributed by atoms with Crippen LogP contribution in [-0.4, -0.2) is 29.5 Å². The lowest BCUT2D eigenvalue weighted by Crippen LogP contribution is -2.25. The van der Waals surface area contributed by atoms with Crippen molar-refractivity contribution in [2.24, 2.45) is 0 Å². The van der Waals surface area contributed by atoms with E-state index in [1.165, 1.54) is 5.69 Å². The van der Waals surface area contributed by atoms with E-state index in [1.807, 2.05) is 6.20 Å². The van der Waals surface area contributed by atoms with Gasteiger partial charge in [0.1, 0.15) is 0 Å². The van der Waals surface area contributed by atoms with E-state index in [-0.39, 0.29) is 0 Å². The molecule has 1 aromatic rings. The molecule has 1 rings (SSSR count). The maximum absolute atomic E-state index is 5.34. The zero-order valence-electron chi connectivity index (χ0n) is 12.4. The number of nitrogens with one attached hydrogen (secondary N) is 1. The summed E-state index contributed by atoms with van der Waals surface area (Å²) in [5.41, 5.74) is 1.26. The lowest BCUT2D eigenvalue weighted by atomic mass is 10.1. The molecule has 0 aliphatic rings. The number of halogens is 1. The average Bonchev–Trinajstić information content (AvgIpc) is 2.76. The number of aryl methyl sites for hydroxylation is 1. The van der Waals surface area contributed by atoms with E-state index in [0.717, 1.165) is 36.8 Å². The molecule has 0 aliphatic carbocycles. The number of aromatic nitrogens is 2. The predicted molar refractivity (Wildman–Crippen MR) is 82.3 cm³/mol. The second kappa shape index (κ2) is 8.72. The summed E-state index contributed by atoms with van der Waals surface area (Å²) in [5, 5.41) is 8.01. The molecule has 19 heavy (non-hydrogen) atoms. The van der Waals surface area contributed by atoms with Gasteiger partial charge in [0.15, 0.2) is 0 Å². The van der Waals surface area contributed by atoms with Crippen LogP contribution in [0.15, 0.2) is 10.7 Å². The van der Waals surface area contributed by atoms with Gasteiger partial charge in [-0.2, -0.15) is 5.10 Å². The molecule has 0 aliphatic heterocycles. The molecule has 5 heteroatoms. The fourth-order valence-electron chi connectivity index (χ4n) is 2.21. The Kier molecular flexibility index (Phi) is 7.64. The van der Waals surface area contributed by atoms with Crippen molar-refractivity contribution in [1.82, 2.24) is 15.1 Å². The van der Waals surface area contributed by atoms with Crippen LogP contribution >= 0.6 is 15.9 Å². The minimum atomic E-state index is 0.294. The molecule has 4 nitrogen and oxygen atoms in total. The summed E-state index contributed by atoms with van der Waals surface area (Å²) in [7, 11) is 1.77. The SMILES string of the molecule is CCCn1ncc(Br)c1C(CCC(C)OC)NCC. The van der Waals surface area contributed by atoms with E-state index < -0.39 is 0 Å². The first kappa shape index (κ1) is 16.7. The number of nitrogens with zero attached hydrogens (tertiary/aromatic N) is 2. The number of hydrogen-bond donors (Lipinski definition) is 1. The Balaban J connectivity index is 2.82. The Morgan fingerprint density at radius 2 is 2.16 bits per heavy atom. The van der Waals surface area contributed by atoms with Gasteiger partial charge in [-0.25, -0.2) is 0 Å². The molecule has 0 amide bonds. The molecule has 1 aromatic heterocycles. The van der Waals surface area contributed by atoms with E-state index in [9.17, 15) is 0 Å². The van der Waals surface area contributed by atoms with Crippen LogP contribution in [-0.2, 0) is 11.3 Å². The number of methoxy groups -OCH3 is 1. The summed E-state index contributed by atoms with van der Waals surface area (Å²) in [5.74, 6) is 0. The third-order valence-electron chi connectivity index (χ3n) is 3.31. The van der Waals surface area contributed by atoms with Crippen molar-refractivity contribution in [2.75, 3.05) is 13.7 Å². The normalized spacial score (nSPS) is 14.6. The van der Waals surface area contributed by atoms with Gasteiger partial charge in [0.05, 0.1) is 28.5 Å². The van der Waals surface area contributed by atoms with E-state index in [2.05, 4.69) is 51.8 Å². The average molecular weight is 332 g/mol. The van der Waals surface area contributed by atoms with Crippen LogP contribution < -0.4 is 5.32 Å². The summed E-state index contributed by atoms with van der Waals surface area (Å²) < 4.78 is 8.54. The molecule has 2 unspecified atom stereocenters. The van der Waals surface area contributed by atoms with Crippen molar-refractivity contribution in [3.05, 3.63) is 16.4 Å². The maximum atomic E-state index is 5.34. The van der Waals surface area contributed by atoms with Gasteiger partial charge in [0.25, 0.3) is 0 Å². The summed E-state index contributed by atoms with van der Waals surface area (Å²) in [6.45, 7) is 8.34. The van der Waals surface area contributed by atoms with E-state index >= 15 is 0 Å². The number of hydrogen-bond acceptors (Lipinski definition) is 3. The van der Waals surface area contributed by atoms with Crippen LogP contribution in [0.4, 0.5) is 0 Å². The summed E-state index contributed by atoms with van der Waals surface area (Å²) in [6.07, 6.45) is 5.38. The Hall–Kier alpha value is -0.390. The summed E-state index contributed by atoms with van der Waals surface area (Å²) in [4.78, 5) is 0. The van der Waals surface area contributed by atoms with Gasteiger partial charge in [-0.05, 0) is 48.7 Å². The zero-order valence-corrected chi connectivity index (χ0v) is 14.0. The molecule has 110 valence electrons. The van der Waals surface area contributed by atoms with Crippen LogP contribution in [0.5, 0.6) is 0 Å². The van der Waals surface area contributed by atoms with E-state index in [4.69, 9.17) is 4.74 Å². The van der Waals surface area contributed by atoms with Crippen molar-refractivity contribution in [1.29, 1.82) is 0 Å². The predicted octanol–water partition coefficient (Wildman–Crippen LogP) is 3.52. The van der Waals surface area contributed by atoms with Gasteiger partial charge in [0, 0.05) is 13.7 Å². The van der Waals surface area contributed by atoms with Crippen LogP contribution in [0.3, 0.4) is 0 Å². The van der Waals surface area contributed by atoms with Crippen LogP contribution in [0.1, 0.15) is 51.8 Å². The van der Waals surface area contributed by atoms with Crippen molar-refractivity contribution >= 4 is 15.9 Å². The second-order valence-electron chi connectivity index (χ2n) is 4.83. The Morgan fingerprint density at radius 3 is 2.74 bits per heavy atom. The molecular weight excluding hydrogens is 306 g/mol. The number of ether oxygens (including phenoxy) is 1. The summed E-state index contributed by atoms with van der Waals surface area (Å²) in [6, 6.07) is 0.325. The molecule has 1 N–H and O–H groups in total. The highest BCUT2D eigenvalue weighted by Crippen LogP contribution is 2.27. The lowest BCUT2D eigenvalue weighted by molar-refractivity contribution is 0.105. The smallest absolute Gasteiger partial charge is 0.0695 e. The molecule has 2 atom stereocenters. The Labute approximate surface area is 125 Å². The van der Waals surface area contributed by atoms with Crippen LogP contribution in [0, 0.1) is 0 Å². The van der Waals surface area contributed by atoms with E-state index in [0.29, 0.717) is 12.1 Å². The molecule has 0 radical (unpaired) electrons. The summed E-state index contributed by atoms with van der Waals surface area (Å²) >= 11 is 3.63. The molecule has 0 bridgehead atoms. The molecule has 0 spiro atoms. The zero-order chi connectivity index (χ0) is 14.3. The van der Waals surface area contributed by atoms with Crippen LogP contribution in [0.25, 0.3) is 0 Å². The molecule has 0 aromatic carbocycles. The van der Waals surface area contributed by atoms with E-state index in [1.54, 1.807) is 7.11 Å². The highest BCUT2D eigenvalue weighted by Gasteiger charge is 2.19. The van der Waals surface area contributed by atoms with Crippen molar-refractivity contribution in [3.8, 4) is 0 Å². The third kappa shape index (κ3) is 4.89. The lowest BCUT2D eigenvalue weighted by Gasteiger charge is -2.21. The van der Waals surface area contributed by atoms with Crippen LogP contribution in [0.2, 0.25) is 0 Å². The van der Waals surface area contributed by atoms with Gasteiger partial charge in [-0.3, -0.25) is 4.68 Å². The molecule has 0 fully saturated rings. The second-order valence-corrected chi connectivity index (χ2v) is 5.69. The van der Waals surface area contributed by atoms with Crippen molar-refractivity contribution < 1.29 is 4.74 Å². The highest BCUT2D eigenvalue weighted by atomic mass is 79.9. The van der Waals surface area contributed by atoms with Gasteiger partial charge >= 0.3 is 0 Å². The standard InChI is InChI=1S/C14H26BrN3O/c1-5-9-18-14(12(15)10-17-18)13(16-6-2)8-7-11(3)19-4/h10-11,13,16H,5-9H2,1-4H3. The minimum absolute atomic E-state index is 0.294. The van der Waals surface area contributed by atoms with Gasteiger partial charge in [0.2, 0.25) is 0 Å². The minimum Gasteiger partial charge on any atom is -0.382 e. The molecule has 0 saturated carbocycles. The van der Waals surface area contributed by atoms with Crippen molar-refractivity contribution in [2.45, 2.75) is 58.7 Å². The first-order chi connectivity index (χ1) is 9.13. The molecule has 0 saturated heterocycles. The van der Waals surface area contributed by atoms with Gasteiger partial charge < -0.3 is 10.1 Å². The first-order valence-corrected chi connectivity index (χ1v) is 7.90. The molecule has 1 heterocycles. The number of rotatable bonds is 9. The first-order valence-electron chi connectivity index (χ1n) is 7.11. The highest BCUT2D eigenvalue weighted by molar-refractivity contribution is 9.10. The fraction of sp³-hybridized carbons (Fsp3) is 0.786. The largest absolute Gasteiger partial charge is 0.382 e. The maximum Gasteiger partial charge on any atom is 0.0695 e. The topological polar surface area (TPSA) is 39.1 Å². The van der Waals surface area contributed by atoms with Gasteiger partial charge in [-0.1, -0.05) is 13.8 Å².